The van der Waals surface area contributed by atoms with Gasteiger partial charge in [0.2, 0.25) is 5.91 Å². The Labute approximate surface area is 121 Å². The first-order chi connectivity index (χ1) is 9.34. The van der Waals surface area contributed by atoms with Crippen LogP contribution in [0.4, 0.5) is 0 Å². The highest BCUT2D eigenvalue weighted by atomic mass is 32.2. The molecule has 6 nitrogen and oxygen atoms in total. The summed E-state index contributed by atoms with van der Waals surface area (Å²) in [5.74, 6) is 0.278. The predicted octanol–water partition coefficient (Wildman–Crippen LogP) is 0.516. The largest absolute Gasteiger partial charge is 0.347 e. The number of hydrogen-bond acceptors (Lipinski definition) is 3. The molecule has 0 bridgehead atoms. The number of rotatable bonds is 3. The Morgan fingerprint density at radius 2 is 1.80 bits per heavy atom. The van der Waals surface area contributed by atoms with Crippen molar-refractivity contribution in [2.75, 3.05) is 33.7 Å². The Hall–Kier alpha value is -0.660. The van der Waals surface area contributed by atoms with E-state index in [0.717, 1.165) is 19.3 Å². The molecular weight excluding hydrogens is 278 g/mol. The van der Waals surface area contributed by atoms with Gasteiger partial charge in [-0.1, -0.05) is 6.92 Å². The Bertz CT molecular complexity index is 463. The Morgan fingerprint density at radius 1 is 1.15 bits per heavy atom. The van der Waals surface area contributed by atoms with Crippen LogP contribution >= 0.6 is 0 Å². The first-order valence-electron chi connectivity index (χ1n) is 7.32. The zero-order chi connectivity index (χ0) is 14.9. The van der Waals surface area contributed by atoms with Crippen LogP contribution in [0.1, 0.15) is 32.6 Å². The van der Waals surface area contributed by atoms with E-state index in [2.05, 4.69) is 6.92 Å². The summed E-state index contributed by atoms with van der Waals surface area (Å²) in [7, 11) is -0.153. The van der Waals surface area contributed by atoms with E-state index in [9.17, 15) is 13.2 Å². The number of nitrogens with zero attached hydrogens (tertiary/aromatic N) is 3. The molecule has 2 rings (SSSR count). The summed E-state index contributed by atoms with van der Waals surface area (Å²) in [5.41, 5.74) is 0. The van der Waals surface area contributed by atoms with Crippen molar-refractivity contribution in [2.45, 2.75) is 38.6 Å². The second kappa shape index (κ2) is 5.99. The van der Waals surface area contributed by atoms with Crippen molar-refractivity contribution in [3.05, 3.63) is 0 Å². The number of hydrogen-bond donors (Lipinski definition) is 0. The summed E-state index contributed by atoms with van der Waals surface area (Å²) in [6, 6.07) is -0.521. The van der Waals surface area contributed by atoms with Crippen LogP contribution in [-0.2, 0) is 15.0 Å². The number of likely N-dealkylation sites (N-methyl/N-ethyl adjacent to an activating group) is 1. The van der Waals surface area contributed by atoms with Crippen molar-refractivity contribution < 1.29 is 13.2 Å². The van der Waals surface area contributed by atoms with Crippen LogP contribution in [0.15, 0.2) is 0 Å². The van der Waals surface area contributed by atoms with Crippen LogP contribution in [0.2, 0.25) is 0 Å². The van der Waals surface area contributed by atoms with Crippen LogP contribution in [0.25, 0.3) is 0 Å². The van der Waals surface area contributed by atoms with Crippen molar-refractivity contribution in [1.29, 1.82) is 0 Å². The molecule has 0 unspecified atom stereocenters. The highest BCUT2D eigenvalue weighted by Crippen LogP contribution is 2.27. The number of amides is 1. The minimum atomic E-state index is -3.50. The lowest BCUT2D eigenvalue weighted by atomic mass is 10.0. The maximum absolute atomic E-state index is 12.8. The first kappa shape index (κ1) is 15.7. The van der Waals surface area contributed by atoms with Crippen LogP contribution in [-0.4, -0.2) is 67.6 Å². The standard InChI is InChI=1S/C13H25N3O3S/c1-11-6-4-8-15(10-11)20(18,19)16-9-5-7-12(16)13(17)14(2)3/h11-12H,4-10H2,1-3H3/t11-,12+/m1/s1. The summed E-state index contributed by atoms with van der Waals surface area (Å²) >= 11 is 0. The van der Waals surface area contributed by atoms with Gasteiger partial charge in [0.05, 0.1) is 0 Å². The number of carbonyl (C=O) groups excluding carboxylic acids is 1. The van der Waals surface area contributed by atoms with Crippen molar-refractivity contribution in [1.82, 2.24) is 13.5 Å². The van der Waals surface area contributed by atoms with Crippen LogP contribution in [0.3, 0.4) is 0 Å². The van der Waals surface area contributed by atoms with E-state index in [-0.39, 0.29) is 5.91 Å². The molecule has 0 N–H and O–H groups in total. The van der Waals surface area contributed by atoms with Crippen molar-refractivity contribution >= 4 is 16.1 Å². The van der Waals surface area contributed by atoms with Crippen LogP contribution < -0.4 is 0 Å². The van der Waals surface area contributed by atoms with Gasteiger partial charge in [0.1, 0.15) is 6.04 Å². The predicted molar refractivity (Wildman–Crippen MR) is 77.3 cm³/mol. The van der Waals surface area contributed by atoms with E-state index < -0.39 is 16.3 Å². The molecule has 0 radical (unpaired) electrons. The summed E-state index contributed by atoms with van der Waals surface area (Å²) in [4.78, 5) is 13.6. The zero-order valence-electron chi connectivity index (χ0n) is 12.6. The second-order valence-electron chi connectivity index (χ2n) is 6.11. The first-order valence-corrected chi connectivity index (χ1v) is 8.72. The fraction of sp³-hybridized carbons (Fsp3) is 0.923. The third-order valence-corrected chi connectivity index (χ3v) is 6.19. The SMILES string of the molecule is C[C@@H]1CCCN(S(=O)(=O)N2CCC[C@H]2C(=O)N(C)C)C1. The van der Waals surface area contributed by atoms with E-state index in [1.54, 1.807) is 18.4 Å². The summed E-state index contributed by atoms with van der Waals surface area (Å²) in [5, 5.41) is 0. The van der Waals surface area contributed by atoms with Gasteiger partial charge in [-0.05, 0) is 31.6 Å². The molecule has 116 valence electrons. The molecule has 2 atom stereocenters. The van der Waals surface area contributed by atoms with E-state index >= 15 is 0 Å². The van der Waals surface area contributed by atoms with Crippen molar-refractivity contribution in [2.24, 2.45) is 5.92 Å². The molecule has 0 aromatic carbocycles. The molecular formula is C13H25N3O3S. The lowest BCUT2D eigenvalue weighted by Gasteiger charge is -2.35. The average molecular weight is 303 g/mol. The monoisotopic (exact) mass is 303 g/mol. The van der Waals surface area contributed by atoms with Gasteiger partial charge in [0.25, 0.3) is 10.2 Å². The minimum absolute atomic E-state index is 0.115. The highest BCUT2D eigenvalue weighted by molar-refractivity contribution is 7.86. The minimum Gasteiger partial charge on any atom is -0.347 e. The molecule has 0 aliphatic carbocycles. The number of carbonyl (C=O) groups is 1. The van der Waals surface area contributed by atoms with E-state index in [1.807, 2.05) is 0 Å². The molecule has 2 aliphatic rings. The van der Waals surface area contributed by atoms with Gasteiger partial charge in [-0.25, -0.2) is 0 Å². The van der Waals surface area contributed by atoms with E-state index in [4.69, 9.17) is 0 Å². The molecule has 2 fully saturated rings. The topological polar surface area (TPSA) is 60.9 Å². The fourth-order valence-corrected chi connectivity index (χ4v) is 5.04. The number of piperidine rings is 1. The quantitative estimate of drug-likeness (QED) is 0.763. The molecule has 20 heavy (non-hydrogen) atoms. The maximum atomic E-state index is 12.8. The van der Waals surface area contributed by atoms with Gasteiger partial charge in [0.15, 0.2) is 0 Å². The second-order valence-corrected chi connectivity index (χ2v) is 8.00. The summed E-state index contributed by atoms with van der Waals surface area (Å²) in [6.07, 6.45) is 3.36. The lowest BCUT2D eigenvalue weighted by Crippen LogP contribution is -2.52. The molecule has 1 amide bonds. The van der Waals surface area contributed by atoms with Crippen LogP contribution in [0.5, 0.6) is 0 Å². The summed E-state index contributed by atoms with van der Waals surface area (Å²) in [6.45, 7) is 3.68. The average Bonchev–Trinajstić information content (AvgIpc) is 2.87. The normalized spacial score (nSPS) is 29.6. The van der Waals surface area contributed by atoms with E-state index in [0.29, 0.717) is 32.0 Å². The molecule has 0 aromatic rings. The van der Waals surface area contributed by atoms with Crippen molar-refractivity contribution in [3.63, 3.8) is 0 Å². The molecule has 0 aromatic heterocycles. The van der Waals surface area contributed by atoms with Crippen molar-refractivity contribution in [3.8, 4) is 0 Å². The molecule has 0 saturated carbocycles. The molecule has 2 saturated heterocycles. The summed E-state index contributed by atoms with van der Waals surface area (Å²) < 4.78 is 28.5. The Kier molecular flexibility index (Phi) is 4.71. The highest BCUT2D eigenvalue weighted by Gasteiger charge is 2.42. The molecule has 2 aliphatic heterocycles. The third-order valence-electron chi connectivity index (χ3n) is 4.17. The van der Waals surface area contributed by atoms with Gasteiger partial charge in [-0.15, -0.1) is 0 Å². The molecule has 0 spiro atoms. The third kappa shape index (κ3) is 2.99. The smallest absolute Gasteiger partial charge is 0.282 e. The van der Waals surface area contributed by atoms with Gasteiger partial charge in [-0.3, -0.25) is 4.79 Å². The van der Waals surface area contributed by atoms with Gasteiger partial charge in [0, 0.05) is 33.7 Å². The maximum Gasteiger partial charge on any atom is 0.282 e. The van der Waals surface area contributed by atoms with E-state index in [1.165, 1.54) is 9.21 Å². The van der Waals surface area contributed by atoms with Crippen LogP contribution in [0, 0.1) is 5.92 Å². The molecule has 7 heteroatoms. The Balaban J connectivity index is 2.17. The lowest BCUT2D eigenvalue weighted by molar-refractivity contribution is -0.132. The molecule has 2 heterocycles. The zero-order valence-corrected chi connectivity index (χ0v) is 13.4. The van der Waals surface area contributed by atoms with Gasteiger partial charge >= 0.3 is 0 Å². The Morgan fingerprint density at radius 3 is 2.40 bits per heavy atom. The van der Waals surface area contributed by atoms with Gasteiger partial charge < -0.3 is 4.90 Å². The van der Waals surface area contributed by atoms with Gasteiger partial charge in [-0.2, -0.15) is 17.0 Å². The fourth-order valence-electron chi connectivity index (χ4n) is 3.07.